The van der Waals surface area contributed by atoms with Crippen molar-refractivity contribution in [2.75, 3.05) is 10.2 Å². The predicted molar refractivity (Wildman–Crippen MR) is 126 cm³/mol. The zero-order valence-electron chi connectivity index (χ0n) is 18.1. The molecule has 0 saturated carbocycles. The van der Waals surface area contributed by atoms with Gasteiger partial charge in [-0.15, -0.1) is 11.3 Å². The molecule has 168 valence electrons. The third-order valence-corrected chi connectivity index (χ3v) is 6.05. The Hall–Kier alpha value is -3.85. The molecule has 33 heavy (non-hydrogen) atoms. The second kappa shape index (κ2) is 9.33. The number of nitrogens with zero attached hydrogens (tertiary/aromatic N) is 2. The summed E-state index contributed by atoms with van der Waals surface area (Å²) in [6.45, 7) is 3.40. The zero-order valence-corrected chi connectivity index (χ0v) is 18.9. The summed E-state index contributed by atoms with van der Waals surface area (Å²) in [5.41, 5.74) is 3.47. The van der Waals surface area contributed by atoms with E-state index in [-0.39, 0.29) is 42.5 Å². The molecule has 2 N–H and O–H groups in total. The number of hydrogen-bond donors (Lipinski definition) is 2. The molecular weight excluding hydrogens is 440 g/mol. The summed E-state index contributed by atoms with van der Waals surface area (Å²) in [5, 5.41) is 7.94. The standard InChI is InChI=1S/C24H22N4O4S/c1-14(25-15(2)29)16-3-5-17(6-4-16)20-13-33-24(26-20)27-23(32)18-7-9-19(10-8-18)28-21(30)11-12-22(28)31/h3-10,13-14H,11-12H2,1-2H3,(H,25,29)(H,26,27,32). The van der Waals surface area contributed by atoms with Crippen LogP contribution in [0.3, 0.4) is 0 Å². The maximum absolute atomic E-state index is 12.6. The maximum atomic E-state index is 12.6. The first kappa shape index (κ1) is 22.3. The van der Waals surface area contributed by atoms with Gasteiger partial charge in [0.2, 0.25) is 17.7 Å². The topological polar surface area (TPSA) is 108 Å². The molecule has 1 fully saturated rings. The number of hydrogen-bond acceptors (Lipinski definition) is 6. The van der Waals surface area contributed by atoms with E-state index in [1.807, 2.05) is 36.6 Å². The van der Waals surface area contributed by atoms with Gasteiger partial charge in [-0.3, -0.25) is 29.4 Å². The van der Waals surface area contributed by atoms with E-state index in [1.165, 1.54) is 18.3 Å². The molecule has 3 aromatic rings. The number of imide groups is 1. The van der Waals surface area contributed by atoms with Gasteiger partial charge >= 0.3 is 0 Å². The number of rotatable bonds is 6. The Morgan fingerprint density at radius 3 is 2.24 bits per heavy atom. The molecule has 0 radical (unpaired) electrons. The highest BCUT2D eigenvalue weighted by Crippen LogP contribution is 2.27. The number of nitrogens with one attached hydrogen (secondary N) is 2. The lowest BCUT2D eigenvalue weighted by Crippen LogP contribution is -2.28. The molecule has 1 atom stereocenters. The normalized spacial score (nSPS) is 14.3. The minimum absolute atomic E-state index is 0.0841. The average molecular weight is 463 g/mol. The van der Waals surface area contributed by atoms with Crippen LogP contribution in [-0.4, -0.2) is 28.6 Å². The molecule has 0 bridgehead atoms. The predicted octanol–water partition coefficient (Wildman–Crippen LogP) is 3.91. The molecule has 0 spiro atoms. The summed E-state index contributed by atoms with van der Waals surface area (Å²) >= 11 is 1.31. The van der Waals surface area contributed by atoms with Crippen molar-refractivity contribution in [2.45, 2.75) is 32.7 Å². The fourth-order valence-corrected chi connectivity index (χ4v) is 4.30. The van der Waals surface area contributed by atoms with Gasteiger partial charge in [-0.25, -0.2) is 4.98 Å². The average Bonchev–Trinajstić information content (AvgIpc) is 3.39. The van der Waals surface area contributed by atoms with Crippen LogP contribution in [0.1, 0.15) is 48.7 Å². The first-order valence-corrected chi connectivity index (χ1v) is 11.3. The van der Waals surface area contributed by atoms with Gasteiger partial charge in [-0.1, -0.05) is 24.3 Å². The van der Waals surface area contributed by atoms with E-state index >= 15 is 0 Å². The van der Waals surface area contributed by atoms with Crippen molar-refractivity contribution in [3.05, 3.63) is 65.0 Å². The summed E-state index contributed by atoms with van der Waals surface area (Å²) in [6.07, 6.45) is 0.426. The smallest absolute Gasteiger partial charge is 0.257 e. The maximum Gasteiger partial charge on any atom is 0.257 e. The van der Waals surface area contributed by atoms with Crippen LogP contribution < -0.4 is 15.5 Å². The van der Waals surface area contributed by atoms with E-state index in [9.17, 15) is 19.2 Å². The van der Waals surface area contributed by atoms with E-state index in [0.29, 0.717) is 16.4 Å². The number of amides is 4. The molecule has 1 saturated heterocycles. The molecule has 4 amide bonds. The summed E-state index contributed by atoms with van der Waals surface area (Å²) in [6, 6.07) is 14.0. The Balaban J connectivity index is 1.41. The van der Waals surface area contributed by atoms with Gasteiger partial charge in [0.25, 0.3) is 5.91 Å². The molecule has 2 aromatic carbocycles. The van der Waals surface area contributed by atoms with E-state index in [0.717, 1.165) is 21.7 Å². The minimum Gasteiger partial charge on any atom is -0.350 e. The molecule has 4 rings (SSSR count). The summed E-state index contributed by atoms with van der Waals surface area (Å²) in [4.78, 5) is 53.2. The number of benzene rings is 2. The van der Waals surface area contributed by atoms with Crippen molar-refractivity contribution in [1.29, 1.82) is 0 Å². The Bertz CT molecular complexity index is 1200. The van der Waals surface area contributed by atoms with E-state index < -0.39 is 0 Å². The quantitative estimate of drug-likeness (QED) is 0.540. The largest absolute Gasteiger partial charge is 0.350 e. The lowest BCUT2D eigenvalue weighted by Gasteiger charge is -2.14. The third kappa shape index (κ3) is 4.98. The Morgan fingerprint density at radius 2 is 1.64 bits per heavy atom. The highest BCUT2D eigenvalue weighted by molar-refractivity contribution is 7.14. The van der Waals surface area contributed by atoms with Crippen molar-refractivity contribution < 1.29 is 19.2 Å². The van der Waals surface area contributed by atoms with Gasteiger partial charge in [0, 0.05) is 36.3 Å². The fraction of sp³-hybridized carbons (Fsp3) is 0.208. The molecule has 2 heterocycles. The van der Waals surface area contributed by atoms with E-state index in [4.69, 9.17) is 0 Å². The van der Waals surface area contributed by atoms with Gasteiger partial charge in [-0.05, 0) is 36.8 Å². The molecule has 8 nitrogen and oxygen atoms in total. The monoisotopic (exact) mass is 462 g/mol. The lowest BCUT2D eigenvalue weighted by atomic mass is 10.1. The first-order valence-electron chi connectivity index (χ1n) is 10.4. The van der Waals surface area contributed by atoms with Gasteiger partial charge in [-0.2, -0.15) is 0 Å². The number of carbonyl (C=O) groups is 4. The van der Waals surface area contributed by atoms with Crippen LogP contribution in [0.5, 0.6) is 0 Å². The molecule has 0 aliphatic carbocycles. The zero-order chi connectivity index (χ0) is 23.5. The highest BCUT2D eigenvalue weighted by Gasteiger charge is 2.30. The second-order valence-electron chi connectivity index (χ2n) is 7.71. The van der Waals surface area contributed by atoms with Crippen molar-refractivity contribution in [1.82, 2.24) is 10.3 Å². The summed E-state index contributed by atoms with van der Waals surface area (Å²) in [5.74, 6) is -0.879. The van der Waals surface area contributed by atoms with Crippen LogP contribution in [-0.2, 0) is 14.4 Å². The van der Waals surface area contributed by atoms with Gasteiger partial charge in [0.1, 0.15) is 0 Å². The molecule has 1 aliphatic heterocycles. The van der Waals surface area contributed by atoms with E-state index in [1.54, 1.807) is 24.3 Å². The molecular formula is C24H22N4O4S. The Labute approximate surface area is 194 Å². The SMILES string of the molecule is CC(=O)NC(C)c1ccc(-c2csc(NC(=O)c3ccc(N4C(=O)CCC4=O)cc3)n2)cc1. The molecule has 1 aromatic heterocycles. The number of aromatic nitrogens is 1. The van der Waals surface area contributed by atoms with Gasteiger partial charge < -0.3 is 5.32 Å². The van der Waals surface area contributed by atoms with Gasteiger partial charge in [0.05, 0.1) is 17.4 Å². The van der Waals surface area contributed by atoms with Gasteiger partial charge in [0.15, 0.2) is 5.13 Å². The first-order chi connectivity index (χ1) is 15.8. The van der Waals surface area contributed by atoms with Crippen LogP contribution in [0, 0.1) is 0 Å². The number of anilines is 2. The van der Waals surface area contributed by atoms with Crippen molar-refractivity contribution >= 4 is 45.8 Å². The van der Waals surface area contributed by atoms with Crippen LogP contribution in [0.15, 0.2) is 53.9 Å². The second-order valence-corrected chi connectivity index (χ2v) is 8.56. The van der Waals surface area contributed by atoms with Crippen LogP contribution in [0.25, 0.3) is 11.3 Å². The Kier molecular flexibility index (Phi) is 6.32. The van der Waals surface area contributed by atoms with Crippen LogP contribution in [0.4, 0.5) is 10.8 Å². The fourth-order valence-electron chi connectivity index (χ4n) is 3.59. The number of thiazole rings is 1. The molecule has 9 heteroatoms. The lowest BCUT2D eigenvalue weighted by molar-refractivity contribution is -0.121. The van der Waals surface area contributed by atoms with Crippen LogP contribution in [0.2, 0.25) is 0 Å². The summed E-state index contributed by atoms with van der Waals surface area (Å²) < 4.78 is 0. The van der Waals surface area contributed by atoms with E-state index in [2.05, 4.69) is 15.6 Å². The highest BCUT2D eigenvalue weighted by atomic mass is 32.1. The summed E-state index contributed by atoms with van der Waals surface area (Å²) in [7, 11) is 0. The minimum atomic E-state index is -0.332. The van der Waals surface area contributed by atoms with Crippen molar-refractivity contribution in [3.8, 4) is 11.3 Å². The number of carbonyl (C=O) groups excluding carboxylic acids is 4. The van der Waals surface area contributed by atoms with Crippen molar-refractivity contribution in [2.24, 2.45) is 0 Å². The molecule has 1 aliphatic rings. The Morgan fingerprint density at radius 1 is 1.00 bits per heavy atom. The van der Waals surface area contributed by atoms with Crippen LogP contribution >= 0.6 is 11.3 Å². The van der Waals surface area contributed by atoms with Crippen molar-refractivity contribution in [3.63, 3.8) is 0 Å². The molecule has 1 unspecified atom stereocenters. The third-order valence-electron chi connectivity index (χ3n) is 5.29.